The topological polar surface area (TPSA) is 80.2 Å². The second kappa shape index (κ2) is 9.37. The van der Waals surface area contributed by atoms with Crippen molar-refractivity contribution in [1.29, 1.82) is 5.26 Å². The molecule has 8 heteroatoms. The summed E-state index contributed by atoms with van der Waals surface area (Å²) in [7, 11) is 1.84. The van der Waals surface area contributed by atoms with Gasteiger partial charge in [-0.2, -0.15) is 10.4 Å². The third-order valence-electron chi connectivity index (χ3n) is 8.37. The molecule has 0 unspecified atom stereocenters. The van der Waals surface area contributed by atoms with E-state index in [9.17, 15) is 5.26 Å². The zero-order chi connectivity index (χ0) is 26.7. The molecule has 39 heavy (non-hydrogen) atoms. The lowest BCUT2D eigenvalue weighted by Gasteiger charge is -2.45. The summed E-state index contributed by atoms with van der Waals surface area (Å²) >= 11 is 0. The highest BCUT2D eigenvalue weighted by molar-refractivity contribution is 5.98. The van der Waals surface area contributed by atoms with Crippen LogP contribution in [0.1, 0.15) is 29.5 Å². The van der Waals surface area contributed by atoms with E-state index in [0.717, 1.165) is 70.4 Å². The van der Waals surface area contributed by atoms with Crippen LogP contribution in [0.3, 0.4) is 0 Å². The molecule has 3 aromatic carbocycles. The average molecular weight is 523 g/mol. The van der Waals surface area contributed by atoms with E-state index in [-0.39, 0.29) is 5.82 Å². The average Bonchev–Trinajstić information content (AvgIpc) is 3.71. The summed E-state index contributed by atoms with van der Waals surface area (Å²) in [5, 5.41) is 21.5. The molecular formula is C31H31FN6O. The van der Waals surface area contributed by atoms with Gasteiger partial charge in [0, 0.05) is 54.3 Å². The number of aromatic amines is 1. The van der Waals surface area contributed by atoms with Gasteiger partial charge in [-0.3, -0.25) is 10.00 Å². The molecule has 3 aliphatic rings. The highest BCUT2D eigenvalue weighted by atomic mass is 19.1. The first-order valence-electron chi connectivity index (χ1n) is 13.7. The van der Waals surface area contributed by atoms with Crippen LogP contribution in [0.5, 0.6) is 5.75 Å². The normalized spacial score (nSPS) is 18.9. The van der Waals surface area contributed by atoms with E-state index in [1.807, 2.05) is 26.1 Å². The molecule has 1 saturated heterocycles. The summed E-state index contributed by atoms with van der Waals surface area (Å²) in [4.78, 5) is 5.11. The van der Waals surface area contributed by atoms with E-state index in [0.29, 0.717) is 35.9 Å². The summed E-state index contributed by atoms with van der Waals surface area (Å²) in [6, 6.07) is 16.9. The van der Waals surface area contributed by atoms with Crippen molar-refractivity contribution in [3.05, 3.63) is 65.0 Å². The van der Waals surface area contributed by atoms with Crippen LogP contribution in [0, 0.1) is 24.1 Å². The number of aromatic nitrogens is 2. The van der Waals surface area contributed by atoms with Crippen LogP contribution >= 0.6 is 0 Å². The number of anilines is 1. The van der Waals surface area contributed by atoms with Gasteiger partial charge in [0.1, 0.15) is 23.9 Å². The lowest BCUT2D eigenvalue weighted by molar-refractivity contribution is 0.161. The number of ether oxygens (including phenoxy) is 1. The Balaban J connectivity index is 1.26. The number of fused-ring (bicyclic) bond motifs is 4. The van der Waals surface area contributed by atoms with Crippen molar-refractivity contribution in [3.63, 3.8) is 0 Å². The van der Waals surface area contributed by atoms with Gasteiger partial charge in [0.15, 0.2) is 0 Å². The maximum Gasteiger partial charge on any atom is 0.143 e. The summed E-state index contributed by atoms with van der Waals surface area (Å²) in [6.45, 7) is 6.32. The Bertz CT molecular complexity index is 1610. The summed E-state index contributed by atoms with van der Waals surface area (Å²) < 4.78 is 21.7. The number of H-pyrrole nitrogens is 1. The van der Waals surface area contributed by atoms with Crippen molar-refractivity contribution in [2.75, 3.05) is 38.2 Å². The van der Waals surface area contributed by atoms with E-state index >= 15 is 4.39 Å². The molecule has 7 nitrogen and oxygen atoms in total. The van der Waals surface area contributed by atoms with Crippen molar-refractivity contribution in [2.45, 2.75) is 38.4 Å². The van der Waals surface area contributed by atoms with Crippen LogP contribution < -0.4 is 15.0 Å². The van der Waals surface area contributed by atoms with Crippen LogP contribution in [0.25, 0.3) is 33.3 Å². The summed E-state index contributed by atoms with van der Waals surface area (Å²) in [6.07, 6.45) is 2.66. The molecule has 3 heterocycles. The Morgan fingerprint density at radius 2 is 2.03 bits per heavy atom. The lowest BCUT2D eigenvalue weighted by atomic mass is 9.92. The monoisotopic (exact) mass is 522 g/mol. The van der Waals surface area contributed by atoms with Crippen molar-refractivity contribution < 1.29 is 9.13 Å². The molecule has 7 rings (SSSR count). The Morgan fingerprint density at radius 3 is 2.79 bits per heavy atom. The number of piperazine rings is 1. The molecule has 1 saturated carbocycles. The highest BCUT2D eigenvalue weighted by Crippen LogP contribution is 2.41. The van der Waals surface area contributed by atoms with Gasteiger partial charge >= 0.3 is 0 Å². The van der Waals surface area contributed by atoms with Crippen molar-refractivity contribution in [2.24, 2.45) is 0 Å². The number of benzene rings is 3. The number of aryl methyl sites for hydroxylation is 1. The molecule has 1 atom stereocenters. The smallest absolute Gasteiger partial charge is 0.143 e. The molecule has 0 amide bonds. The van der Waals surface area contributed by atoms with E-state index in [1.54, 1.807) is 12.1 Å². The van der Waals surface area contributed by atoms with Gasteiger partial charge in [-0.25, -0.2) is 4.39 Å². The van der Waals surface area contributed by atoms with Gasteiger partial charge in [0.25, 0.3) is 0 Å². The number of nitrogens with one attached hydrogen (secondary N) is 2. The maximum atomic E-state index is 15.4. The Kier molecular flexibility index (Phi) is 5.80. The second-order valence-electron chi connectivity index (χ2n) is 11.0. The van der Waals surface area contributed by atoms with Gasteiger partial charge in [-0.1, -0.05) is 12.1 Å². The number of halogens is 1. The number of rotatable bonds is 5. The van der Waals surface area contributed by atoms with Gasteiger partial charge in [0.2, 0.25) is 0 Å². The standard InChI is InChI=1S/C31H31FN6O/c1-18-9-19(15-34-2)10-26(32)30(18)24-13-25-27(11-21(24)14-33)35-36-31(25)20-3-6-28-29(12-20)39-17-23-16-37(22-4-5-22)7-8-38(23)28/h3,6,9-13,22-23,34H,4-5,7-8,15-17H2,1-2H3,(H,35,36)/t23-/m0/s1. The van der Waals surface area contributed by atoms with E-state index < -0.39 is 0 Å². The molecular weight excluding hydrogens is 491 g/mol. The van der Waals surface area contributed by atoms with Crippen molar-refractivity contribution in [1.82, 2.24) is 20.4 Å². The number of nitriles is 1. The molecule has 0 spiro atoms. The quantitative estimate of drug-likeness (QED) is 0.385. The fourth-order valence-electron chi connectivity index (χ4n) is 6.36. The molecule has 2 N–H and O–H groups in total. The van der Waals surface area contributed by atoms with Crippen LogP contribution in [0.15, 0.2) is 42.5 Å². The third kappa shape index (κ3) is 4.13. The zero-order valence-corrected chi connectivity index (χ0v) is 22.2. The Hall–Kier alpha value is -3.93. The molecule has 198 valence electrons. The molecule has 0 radical (unpaired) electrons. The fourth-order valence-corrected chi connectivity index (χ4v) is 6.36. The predicted octanol–water partition coefficient (Wildman–Crippen LogP) is 4.98. The summed E-state index contributed by atoms with van der Waals surface area (Å²) in [5.74, 6) is 0.537. The molecule has 1 aliphatic carbocycles. The number of hydrogen-bond acceptors (Lipinski definition) is 6. The van der Waals surface area contributed by atoms with Crippen LogP contribution in [0.4, 0.5) is 10.1 Å². The van der Waals surface area contributed by atoms with E-state index in [4.69, 9.17) is 4.74 Å². The second-order valence-corrected chi connectivity index (χ2v) is 11.0. The van der Waals surface area contributed by atoms with Crippen LogP contribution in [-0.4, -0.2) is 60.5 Å². The third-order valence-corrected chi connectivity index (χ3v) is 8.37. The molecule has 1 aromatic heterocycles. The fraction of sp³-hybridized carbons (Fsp3) is 0.355. The van der Waals surface area contributed by atoms with Gasteiger partial charge < -0.3 is 15.0 Å². The largest absolute Gasteiger partial charge is 0.489 e. The minimum atomic E-state index is -0.334. The first-order chi connectivity index (χ1) is 19.0. The first kappa shape index (κ1) is 24.1. The van der Waals surface area contributed by atoms with Gasteiger partial charge in [-0.15, -0.1) is 0 Å². The molecule has 0 bridgehead atoms. The molecule has 2 fully saturated rings. The first-order valence-corrected chi connectivity index (χ1v) is 13.7. The predicted molar refractivity (Wildman–Crippen MR) is 150 cm³/mol. The van der Waals surface area contributed by atoms with Crippen molar-refractivity contribution >= 4 is 16.6 Å². The SMILES string of the molecule is CNCc1cc(C)c(-c2cc3c(-c4ccc5c(c4)OC[C@@H]4CN(C6CC6)CCN54)n[nH]c3cc2C#N)c(F)c1. The minimum absolute atomic E-state index is 0.334. The van der Waals surface area contributed by atoms with E-state index in [2.05, 4.69) is 49.6 Å². The zero-order valence-electron chi connectivity index (χ0n) is 22.2. The van der Waals surface area contributed by atoms with Gasteiger partial charge in [0.05, 0.1) is 28.9 Å². The maximum absolute atomic E-state index is 15.4. The van der Waals surface area contributed by atoms with E-state index in [1.165, 1.54) is 12.8 Å². The lowest BCUT2D eigenvalue weighted by Crippen LogP contribution is -2.57. The summed E-state index contributed by atoms with van der Waals surface area (Å²) in [5.41, 5.74) is 6.65. The molecule has 2 aliphatic heterocycles. The number of hydrogen-bond donors (Lipinski definition) is 2. The Labute approximate surface area is 227 Å². The molecule has 4 aromatic rings. The van der Waals surface area contributed by atoms with Crippen LogP contribution in [0.2, 0.25) is 0 Å². The Morgan fingerprint density at radius 1 is 1.15 bits per heavy atom. The van der Waals surface area contributed by atoms with Crippen LogP contribution in [-0.2, 0) is 6.54 Å². The highest BCUT2D eigenvalue weighted by Gasteiger charge is 2.38. The number of nitrogens with zero attached hydrogens (tertiary/aromatic N) is 4. The van der Waals surface area contributed by atoms with Crippen molar-refractivity contribution in [3.8, 4) is 34.2 Å². The minimum Gasteiger partial charge on any atom is -0.489 e. The van der Waals surface area contributed by atoms with Gasteiger partial charge in [-0.05, 0) is 68.3 Å².